The fourth-order valence-corrected chi connectivity index (χ4v) is 2.30. The number of anilines is 1. The molecule has 6 heteroatoms. The van der Waals surface area contributed by atoms with Gasteiger partial charge in [0.2, 0.25) is 11.9 Å². The van der Waals surface area contributed by atoms with E-state index in [-0.39, 0.29) is 11.3 Å². The Balaban J connectivity index is 2.16. The van der Waals surface area contributed by atoms with E-state index in [1.807, 2.05) is 0 Å². The summed E-state index contributed by atoms with van der Waals surface area (Å²) < 4.78 is 1.56. The van der Waals surface area contributed by atoms with Gasteiger partial charge in [0.25, 0.3) is 0 Å². The second-order valence-electron chi connectivity index (χ2n) is 4.90. The van der Waals surface area contributed by atoms with Gasteiger partial charge in [-0.15, -0.1) is 0 Å². The topological polar surface area (TPSA) is 71.8 Å². The quantitative estimate of drug-likeness (QED) is 0.797. The molecule has 1 aliphatic rings. The first-order chi connectivity index (χ1) is 8.06. The zero-order valence-electron chi connectivity index (χ0n) is 10.5. The van der Waals surface area contributed by atoms with Crippen molar-refractivity contribution in [1.82, 2.24) is 20.1 Å². The highest BCUT2D eigenvalue weighted by Crippen LogP contribution is 2.35. The van der Waals surface area contributed by atoms with Crippen LogP contribution in [0.5, 0.6) is 0 Å². The Bertz CT molecular complexity index is 406. The van der Waals surface area contributed by atoms with Gasteiger partial charge >= 0.3 is 0 Å². The van der Waals surface area contributed by atoms with Gasteiger partial charge < -0.3 is 5.32 Å². The molecule has 1 saturated heterocycles. The third-order valence-corrected chi connectivity index (χ3v) is 3.68. The molecule has 0 spiro atoms. The van der Waals surface area contributed by atoms with Crippen LogP contribution in [0, 0.1) is 11.3 Å². The first-order valence-corrected chi connectivity index (χ1v) is 5.92. The van der Waals surface area contributed by atoms with E-state index in [0.29, 0.717) is 11.9 Å². The van der Waals surface area contributed by atoms with Gasteiger partial charge in [-0.2, -0.15) is 10.1 Å². The number of nitrogens with zero attached hydrogens (tertiary/aromatic N) is 3. The molecule has 2 heterocycles. The van der Waals surface area contributed by atoms with Gasteiger partial charge in [-0.05, 0) is 18.9 Å². The summed E-state index contributed by atoms with van der Waals surface area (Å²) in [6, 6.07) is 0. The normalized spacial score (nSPS) is 24.2. The van der Waals surface area contributed by atoms with E-state index in [9.17, 15) is 4.79 Å². The number of amides is 1. The molecule has 1 unspecified atom stereocenters. The van der Waals surface area contributed by atoms with Gasteiger partial charge in [-0.25, -0.2) is 4.68 Å². The molecule has 1 amide bonds. The Morgan fingerprint density at radius 1 is 1.65 bits per heavy atom. The molecule has 0 aromatic carbocycles. The zero-order chi connectivity index (χ0) is 12.5. The number of carbonyl (C=O) groups is 1. The van der Waals surface area contributed by atoms with E-state index in [1.165, 1.54) is 6.33 Å². The predicted octanol–water partition coefficient (Wildman–Crippen LogP) is 0.389. The lowest BCUT2D eigenvalue weighted by Gasteiger charge is -2.30. The molecule has 0 saturated carbocycles. The van der Waals surface area contributed by atoms with Crippen molar-refractivity contribution in [2.45, 2.75) is 20.3 Å². The summed E-state index contributed by atoms with van der Waals surface area (Å²) in [4.78, 5) is 16.4. The zero-order valence-corrected chi connectivity index (χ0v) is 10.5. The average molecular weight is 237 g/mol. The van der Waals surface area contributed by atoms with Crippen LogP contribution in [-0.4, -0.2) is 33.8 Å². The maximum Gasteiger partial charge on any atom is 0.234 e. The highest BCUT2D eigenvalue weighted by molar-refractivity contribution is 5.94. The molecule has 1 aliphatic heterocycles. The van der Waals surface area contributed by atoms with Gasteiger partial charge in [0, 0.05) is 13.6 Å². The summed E-state index contributed by atoms with van der Waals surface area (Å²) in [5.41, 5.74) is -0.327. The van der Waals surface area contributed by atoms with Gasteiger partial charge in [0.15, 0.2) is 0 Å². The molecule has 94 valence electrons. The maximum atomic E-state index is 12.4. The molecule has 1 aromatic heterocycles. The summed E-state index contributed by atoms with van der Waals surface area (Å²) in [5.74, 6) is 0.834. The Labute approximate surface area is 101 Å². The lowest BCUT2D eigenvalue weighted by Crippen LogP contribution is -2.42. The summed E-state index contributed by atoms with van der Waals surface area (Å²) in [6.07, 6.45) is 2.30. The van der Waals surface area contributed by atoms with Crippen LogP contribution in [0.15, 0.2) is 6.33 Å². The molecule has 1 aromatic rings. The SMILES string of the molecule is CC(C)C1(C(=O)Nc2ncnn2C)CCNC1. The lowest BCUT2D eigenvalue weighted by molar-refractivity contribution is -0.127. The minimum absolute atomic E-state index is 0.0357. The highest BCUT2D eigenvalue weighted by Gasteiger charge is 2.44. The summed E-state index contributed by atoms with van der Waals surface area (Å²) in [7, 11) is 1.76. The second-order valence-corrected chi connectivity index (χ2v) is 4.90. The van der Waals surface area contributed by atoms with Crippen molar-refractivity contribution in [3.05, 3.63) is 6.33 Å². The second kappa shape index (κ2) is 4.44. The number of hydrogen-bond donors (Lipinski definition) is 2. The third-order valence-electron chi connectivity index (χ3n) is 3.68. The molecule has 0 bridgehead atoms. The molecule has 1 fully saturated rings. The number of carbonyl (C=O) groups excluding carboxylic acids is 1. The Morgan fingerprint density at radius 2 is 2.41 bits per heavy atom. The van der Waals surface area contributed by atoms with Gasteiger partial charge in [-0.1, -0.05) is 13.8 Å². The van der Waals surface area contributed by atoms with Gasteiger partial charge in [0.1, 0.15) is 6.33 Å². The fourth-order valence-electron chi connectivity index (χ4n) is 2.30. The van der Waals surface area contributed by atoms with Gasteiger partial charge in [0.05, 0.1) is 5.41 Å². The fraction of sp³-hybridized carbons (Fsp3) is 0.727. The molecular weight excluding hydrogens is 218 g/mol. The molecule has 0 radical (unpaired) electrons. The third kappa shape index (κ3) is 2.04. The first-order valence-electron chi connectivity index (χ1n) is 5.92. The molecule has 0 aliphatic carbocycles. The molecule has 1 atom stereocenters. The lowest BCUT2D eigenvalue weighted by atomic mass is 9.75. The highest BCUT2D eigenvalue weighted by atomic mass is 16.2. The molecule has 2 N–H and O–H groups in total. The molecule has 2 rings (SSSR count). The minimum atomic E-state index is -0.327. The van der Waals surface area contributed by atoms with Crippen molar-refractivity contribution in [1.29, 1.82) is 0 Å². The Morgan fingerprint density at radius 3 is 2.88 bits per heavy atom. The molecular formula is C11H19N5O. The number of nitrogens with one attached hydrogen (secondary N) is 2. The van der Waals surface area contributed by atoms with Crippen molar-refractivity contribution >= 4 is 11.9 Å². The van der Waals surface area contributed by atoms with Crippen LogP contribution in [-0.2, 0) is 11.8 Å². The molecule has 6 nitrogen and oxygen atoms in total. The van der Waals surface area contributed by atoms with Crippen molar-refractivity contribution < 1.29 is 4.79 Å². The van der Waals surface area contributed by atoms with Crippen LogP contribution in [0.25, 0.3) is 0 Å². The minimum Gasteiger partial charge on any atom is -0.316 e. The van der Waals surface area contributed by atoms with E-state index in [4.69, 9.17) is 0 Å². The van der Waals surface area contributed by atoms with Crippen molar-refractivity contribution in [2.24, 2.45) is 18.4 Å². The van der Waals surface area contributed by atoms with Crippen molar-refractivity contribution in [3.8, 4) is 0 Å². The monoisotopic (exact) mass is 237 g/mol. The van der Waals surface area contributed by atoms with Crippen LogP contribution < -0.4 is 10.6 Å². The van der Waals surface area contributed by atoms with E-state index in [2.05, 4.69) is 34.6 Å². The number of rotatable bonds is 3. The largest absolute Gasteiger partial charge is 0.316 e. The first kappa shape index (κ1) is 12.0. The number of aromatic nitrogens is 3. The van der Waals surface area contributed by atoms with E-state index in [1.54, 1.807) is 11.7 Å². The van der Waals surface area contributed by atoms with Crippen molar-refractivity contribution in [2.75, 3.05) is 18.4 Å². The standard InChI is InChI=1S/C11H19N5O/c1-8(2)11(4-5-12-6-11)9(17)15-10-13-7-14-16(10)3/h7-8,12H,4-6H2,1-3H3,(H,13,14,15,17). The van der Waals surface area contributed by atoms with E-state index < -0.39 is 0 Å². The predicted molar refractivity (Wildman–Crippen MR) is 64.4 cm³/mol. The summed E-state index contributed by atoms with van der Waals surface area (Å²) >= 11 is 0. The number of aryl methyl sites for hydroxylation is 1. The smallest absolute Gasteiger partial charge is 0.234 e. The van der Waals surface area contributed by atoms with E-state index in [0.717, 1.165) is 19.5 Å². The van der Waals surface area contributed by atoms with Crippen molar-refractivity contribution in [3.63, 3.8) is 0 Å². The Hall–Kier alpha value is -1.43. The maximum absolute atomic E-state index is 12.4. The van der Waals surface area contributed by atoms with Crippen LogP contribution >= 0.6 is 0 Å². The van der Waals surface area contributed by atoms with Crippen LogP contribution in [0.1, 0.15) is 20.3 Å². The Kier molecular flexibility index (Phi) is 3.15. The number of hydrogen-bond acceptors (Lipinski definition) is 4. The average Bonchev–Trinajstić information content (AvgIpc) is 2.89. The summed E-state index contributed by atoms with van der Waals surface area (Å²) in [5, 5.41) is 10.1. The van der Waals surface area contributed by atoms with E-state index >= 15 is 0 Å². The van der Waals surface area contributed by atoms with Crippen LogP contribution in [0.4, 0.5) is 5.95 Å². The molecule has 17 heavy (non-hydrogen) atoms. The van der Waals surface area contributed by atoms with Gasteiger partial charge in [-0.3, -0.25) is 10.1 Å². The van der Waals surface area contributed by atoms with Crippen LogP contribution in [0.3, 0.4) is 0 Å². The van der Waals surface area contributed by atoms with Crippen LogP contribution in [0.2, 0.25) is 0 Å². The summed E-state index contributed by atoms with van der Waals surface area (Å²) in [6.45, 7) is 5.80.